The van der Waals surface area contributed by atoms with Gasteiger partial charge in [0.1, 0.15) is 17.4 Å². The molecule has 7 heteroatoms. The lowest BCUT2D eigenvalue weighted by molar-refractivity contribution is -0.120. The summed E-state index contributed by atoms with van der Waals surface area (Å²) in [6.45, 7) is 9.36. The first-order chi connectivity index (χ1) is 13.8. The van der Waals surface area contributed by atoms with Gasteiger partial charge in [-0.1, -0.05) is 15.9 Å². The number of piperidine rings is 1. The molecule has 29 heavy (non-hydrogen) atoms. The van der Waals surface area contributed by atoms with Crippen molar-refractivity contribution in [3.63, 3.8) is 0 Å². The third-order valence-electron chi connectivity index (χ3n) is 5.66. The lowest BCUT2D eigenvalue weighted by atomic mass is 9.96. The summed E-state index contributed by atoms with van der Waals surface area (Å²) in [7, 11) is 0. The van der Waals surface area contributed by atoms with Crippen LogP contribution in [0.4, 0.5) is 11.5 Å². The van der Waals surface area contributed by atoms with Crippen LogP contribution in [0.1, 0.15) is 35.6 Å². The fraction of sp³-hybridized carbons (Fsp3) is 0.409. The second-order valence-electron chi connectivity index (χ2n) is 7.79. The van der Waals surface area contributed by atoms with Crippen LogP contribution in [0.5, 0.6) is 0 Å². The molecule has 152 valence electrons. The van der Waals surface area contributed by atoms with Crippen LogP contribution in [-0.2, 0) is 4.79 Å². The van der Waals surface area contributed by atoms with Crippen LogP contribution in [0.2, 0.25) is 0 Å². The largest absolute Gasteiger partial charge is 0.443 e. The summed E-state index contributed by atoms with van der Waals surface area (Å²) in [5.41, 5.74) is 3.58. The SMILES string of the molecule is Cc1nc(N2CCCC(C(=O)Nc3ccc(Br)cc3C)C2)c2c(C)c(C)oc2n1. The monoisotopic (exact) mass is 456 g/mol. The smallest absolute Gasteiger partial charge is 0.231 e. The average molecular weight is 457 g/mol. The predicted molar refractivity (Wildman–Crippen MR) is 118 cm³/mol. The summed E-state index contributed by atoms with van der Waals surface area (Å²) < 4.78 is 6.83. The van der Waals surface area contributed by atoms with Crippen molar-refractivity contribution in [3.8, 4) is 0 Å². The van der Waals surface area contributed by atoms with Gasteiger partial charge in [-0.3, -0.25) is 4.79 Å². The Morgan fingerprint density at radius 1 is 1.24 bits per heavy atom. The predicted octanol–water partition coefficient (Wildman–Crippen LogP) is 5.07. The van der Waals surface area contributed by atoms with Gasteiger partial charge in [0.25, 0.3) is 0 Å². The average Bonchev–Trinajstić information content (AvgIpc) is 2.97. The Balaban J connectivity index is 1.59. The van der Waals surface area contributed by atoms with Crippen molar-refractivity contribution in [3.05, 3.63) is 45.4 Å². The quantitative estimate of drug-likeness (QED) is 0.595. The van der Waals surface area contributed by atoms with Gasteiger partial charge >= 0.3 is 0 Å². The van der Waals surface area contributed by atoms with Gasteiger partial charge in [0, 0.05) is 28.8 Å². The molecule has 0 spiro atoms. The van der Waals surface area contributed by atoms with Gasteiger partial charge in [-0.2, -0.15) is 4.98 Å². The Morgan fingerprint density at radius 3 is 2.79 bits per heavy atom. The summed E-state index contributed by atoms with van der Waals surface area (Å²) in [6, 6.07) is 5.89. The number of amides is 1. The molecule has 0 bridgehead atoms. The van der Waals surface area contributed by atoms with E-state index in [0.717, 1.165) is 57.6 Å². The maximum Gasteiger partial charge on any atom is 0.231 e. The number of fused-ring (bicyclic) bond motifs is 1. The molecule has 2 aromatic heterocycles. The fourth-order valence-electron chi connectivity index (χ4n) is 3.95. The number of carbonyl (C=O) groups is 1. The van der Waals surface area contributed by atoms with Crippen molar-refractivity contribution >= 4 is 44.4 Å². The lowest BCUT2D eigenvalue weighted by Crippen LogP contribution is -2.41. The van der Waals surface area contributed by atoms with Crippen molar-refractivity contribution in [2.75, 3.05) is 23.3 Å². The van der Waals surface area contributed by atoms with E-state index >= 15 is 0 Å². The first-order valence-corrected chi connectivity index (χ1v) is 10.7. The van der Waals surface area contributed by atoms with Crippen molar-refractivity contribution in [2.45, 2.75) is 40.5 Å². The second kappa shape index (κ2) is 7.78. The molecular weight excluding hydrogens is 432 g/mol. The molecule has 1 fully saturated rings. The van der Waals surface area contributed by atoms with Crippen LogP contribution >= 0.6 is 15.9 Å². The third-order valence-corrected chi connectivity index (χ3v) is 6.15. The minimum atomic E-state index is -0.0922. The number of hydrogen-bond donors (Lipinski definition) is 1. The van der Waals surface area contributed by atoms with Crippen LogP contribution in [0.25, 0.3) is 11.1 Å². The second-order valence-corrected chi connectivity index (χ2v) is 8.71. The van der Waals surface area contributed by atoms with Gasteiger partial charge in [0.2, 0.25) is 11.6 Å². The number of rotatable bonds is 3. The van der Waals surface area contributed by atoms with E-state index in [-0.39, 0.29) is 11.8 Å². The standard InChI is InChI=1S/C22H25BrN4O2/c1-12-10-17(23)7-8-18(12)26-21(28)16-6-5-9-27(11-16)20-19-13(2)14(3)29-22(19)25-15(4)24-20/h7-8,10,16H,5-6,9,11H2,1-4H3,(H,26,28). The summed E-state index contributed by atoms with van der Waals surface area (Å²) in [4.78, 5) is 24.4. The number of hydrogen-bond acceptors (Lipinski definition) is 5. The topological polar surface area (TPSA) is 71.3 Å². The van der Waals surface area contributed by atoms with Gasteiger partial charge in [-0.25, -0.2) is 4.98 Å². The highest BCUT2D eigenvalue weighted by Crippen LogP contribution is 2.33. The van der Waals surface area contributed by atoms with E-state index in [9.17, 15) is 4.79 Å². The van der Waals surface area contributed by atoms with E-state index in [1.165, 1.54) is 0 Å². The summed E-state index contributed by atoms with van der Waals surface area (Å²) in [6.07, 6.45) is 1.81. The lowest BCUT2D eigenvalue weighted by Gasteiger charge is -2.33. The van der Waals surface area contributed by atoms with Crippen molar-refractivity contribution in [1.29, 1.82) is 0 Å². The zero-order chi connectivity index (χ0) is 20.7. The Hall–Kier alpha value is -2.41. The molecule has 1 atom stereocenters. The minimum absolute atomic E-state index is 0.0576. The van der Waals surface area contributed by atoms with Crippen LogP contribution < -0.4 is 10.2 Å². The van der Waals surface area contributed by atoms with Crippen LogP contribution in [0.3, 0.4) is 0 Å². The summed E-state index contributed by atoms with van der Waals surface area (Å²) in [5.74, 6) is 2.38. The van der Waals surface area contributed by atoms with Crippen molar-refractivity contribution in [2.24, 2.45) is 5.92 Å². The molecule has 1 N–H and O–H groups in total. The number of aromatic nitrogens is 2. The molecule has 3 aromatic rings. The van der Waals surface area contributed by atoms with Crippen molar-refractivity contribution < 1.29 is 9.21 Å². The summed E-state index contributed by atoms with van der Waals surface area (Å²) in [5, 5.41) is 4.06. The molecule has 0 saturated carbocycles. The Kier molecular flexibility index (Phi) is 5.34. The van der Waals surface area contributed by atoms with Gasteiger partial charge in [0.05, 0.1) is 11.3 Å². The van der Waals surface area contributed by atoms with Gasteiger partial charge in [0.15, 0.2) is 0 Å². The maximum atomic E-state index is 13.0. The first kappa shape index (κ1) is 19.9. The van der Waals surface area contributed by atoms with Crippen LogP contribution in [0, 0.1) is 33.6 Å². The zero-order valence-corrected chi connectivity index (χ0v) is 18.8. The highest BCUT2D eigenvalue weighted by molar-refractivity contribution is 9.10. The van der Waals surface area contributed by atoms with Gasteiger partial charge < -0.3 is 14.6 Å². The molecule has 3 heterocycles. The molecule has 0 aliphatic carbocycles. The normalized spacial score (nSPS) is 17.0. The molecule has 1 amide bonds. The molecule has 1 unspecified atom stereocenters. The fourth-order valence-corrected chi connectivity index (χ4v) is 4.42. The molecule has 0 radical (unpaired) electrons. The van der Waals surface area contributed by atoms with E-state index in [0.29, 0.717) is 18.1 Å². The highest BCUT2D eigenvalue weighted by Gasteiger charge is 2.29. The summed E-state index contributed by atoms with van der Waals surface area (Å²) >= 11 is 3.47. The molecule has 1 saturated heterocycles. The van der Waals surface area contributed by atoms with Crippen LogP contribution in [-0.4, -0.2) is 29.0 Å². The third kappa shape index (κ3) is 3.88. The van der Waals surface area contributed by atoms with Crippen LogP contribution in [0.15, 0.2) is 27.1 Å². The maximum absolute atomic E-state index is 13.0. The molecule has 4 rings (SSSR count). The first-order valence-electron chi connectivity index (χ1n) is 9.90. The van der Waals surface area contributed by atoms with Crippen molar-refractivity contribution in [1.82, 2.24) is 9.97 Å². The highest BCUT2D eigenvalue weighted by atomic mass is 79.9. The number of benzene rings is 1. The molecule has 1 aliphatic rings. The minimum Gasteiger partial charge on any atom is -0.443 e. The van der Waals surface area contributed by atoms with E-state index < -0.39 is 0 Å². The number of nitrogens with one attached hydrogen (secondary N) is 1. The van der Waals surface area contributed by atoms with E-state index in [2.05, 4.69) is 31.1 Å². The molecule has 6 nitrogen and oxygen atoms in total. The van der Waals surface area contributed by atoms with E-state index in [1.807, 2.05) is 45.9 Å². The van der Waals surface area contributed by atoms with Gasteiger partial charge in [-0.05, 0) is 64.3 Å². The Morgan fingerprint density at radius 2 is 2.03 bits per heavy atom. The Labute approximate surface area is 178 Å². The number of aryl methyl sites for hydroxylation is 4. The number of furan rings is 1. The molecule has 1 aromatic carbocycles. The van der Waals surface area contributed by atoms with E-state index in [1.54, 1.807) is 0 Å². The number of anilines is 2. The molecular formula is C22H25BrN4O2. The number of nitrogens with zero attached hydrogens (tertiary/aromatic N) is 3. The number of carbonyl (C=O) groups excluding carboxylic acids is 1. The Bertz CT molecular complexity index is 1090. The zero-order valence-electron chi connectivity index (χ0n) is 17.2. The molecule has 1 aliphatic heterocycles. The van der Waals surface area contributed by atoms with Gasteiger partial charge in [-0.15, -0.1) is 0 Å². The van der Waals surface area contributed by atoms with E-state index in [4.69, 9.17) is 9.40 Å². The number of halogens is 1.